The van der Waals surface area contributed by atoms with Crippen molar-refractivity contribution in [1.82, 2.24) is 5.32 Å². The van der Waals surface area contributed by atoms with E-state index in [4.69, 9.17) is 37.7 Å². The van der Waals surface area contributed by atoms with Gasteiger partial charge in [-0.1, -0.05) is 47.5 Å². The molecule has 2 unspecified atom stereocenters. The fourth-order valence-corrected chi connectivity index (χ4v) is 5.56. The molecule has 0 saturated heterocycles. The Morgan fingerprint density at radius 2 is 1.29 bits per heavy atom. The van der Waals surface area contributed by atoms with E-state index in [9.17, 15) is 23.7 Å². The average Bonchev–Trinajstić information content (AvgIpc) is 2.76. The molecule has 2 aromatic rings. The van der Waals surface area contributed by atoms with Gasteiger partial charge in [0.1, 0.15) is 13.2 Å². The van der Waals surface area contributed by atoms with Crippen molar-refractivity contribution in [1.29, 1.82) is 0 Å². The number of rotatable bonds is 14. The van der Waals surface area contributed by atoms with Gasteiger partial charge in [0.25, 0.3) is 0 Å². The molecule has 0 bridgehead atoms. The molecular weight excluding hydrogens is 535 g/mol. The molecule has 0 fully saturated rings. The summed E-state index contributed by atoms with van der Waals surface area (Å²) in [6, 6.07) is 12.6. The first-order valence-corrected chi connectivity index (χ1v) is 13.7. The van der Waals surface area contributed by atoms with Gasteiger partial charge in [0, 0.05) is 10.0 Å². The molecule has 2 atom stereocenters. The summed E-state index contributed by atoms with van der Waals surface area (Å²) in [4.78, 5) is 41.9. The second kappa shape index (κ2) is 13.7. The molecule has 34 heavy (non-hydrogen) atoms. The Morgan fingerprint density at radius 1 is 0.882 bits per heavy atom. The Balaban J connectivity index is 2.05. The van der Waals surface area contributed by atoms with Gasteiger partial charge in [0.05, 0.1) is 13.2 Å². The third-order valence-corrected chi connectivity index (χ3v) is 8.44. The fourth-order valence-electron chi connectivity index (χ4n) is 2.38. The van der Waals surface area contributed by atoms with E-state index >= 15 is 0 Å². The third-order valence-electron chi connectivity index (χ3n) is 3.95. The molecule has 0 aliphatic rings. The maximum atomic E-state index is 12.7. The normalized spacial score (nSPS) is 15.8. The summed E-state index contributed by atoms with van der Waals surface area (Å²) < 4.78 is 39.3. The SMILES string of the molecule is CCOC(=O)CNC(P(=O)(O)OOCc1ccc(Cl)cc1)P(=O)(O)OOCc1ccc(Cl)cc1. The number of carbonyl (C=O) groups is 1. The molecule has 11 nitrogen and oxygen atoms in total. The van der Waals surface area contributed by atoms with Crippen molar-refractivity contribution in [2.24, 2.45) is 0 Å². The summed E-state index contributed by atoms with van der Waals surface area (Å²) in [5.41, 5.74) is -1.23. The van der Waals surface area contributed by atoms with Gasteiger partial charge in [-0.2, -0.15) is 0 Å². The van der Waals surface area contributed by atoms with Gasteiger partial charge < -0.3 is 14.5 Å². The number of carbonyl (C=O) groups excluding carboxylic acids is 1. The van der Waals surface area contributed by atoms with Crippen molar-refractivity contribution < 1.29 is 47.6 Å². The predicted molar refractivity (Wildman–Crippen MR) is 123 cm³/mol. The largest absolute Gasteiger partial charge is 0.465 e. The summed E-state index contributed by atoms with van der Waals surface area (Å²) in [5, 5.41) is 3.09. The van der Waals surface area contributed by atoms with Gasteiger partial charge in [-0.15, -0.1) is 9.35 Å². The minimum Gasteiger partial charge on any atom is -0.465 e. The predicted octanol–water partition coefficient (Wildman–Crippen LogP) is 4.40. The highest BCUT2D eigenvalue weighted by molar-refractivity contribution is 7.71. The number of halogens is 2. The van der Waals surface area contributed by atoms with E-state index < -0.39 is 33.2 Å². The van der Waals surface area contributed by atoms with Gasteiger partial charge in [-0.05, 0) is 42.3 Å². The molecular formula is C19H23Cl2NO10P2. The van der Waals surface area contributed by atoms with E-state index in [1.807, 2.05) is 0 Å². The van der Waals surface area contributed by atoms with Crippen LogP contribution in [0.5, 0.6) is 0 Å². The molecule has 0 aliphatic heterocycles. The minimum absolute atomic E-state index is 0.0279. The standard InChI is InChI=1S/C19H23Cl2NO10P2/c1-2-28-18(23)11-22-19(33(24,25)31-29-12-14-3-7-16(20)8-4-14)34(26,27)32-30-13-15-5-9-17(21)10-6-15/h3-10,19,22H,2,11-13H2,1H3,(H,24,25)(H,26,27). The minimum atomic E-state index is -5.07. The highest BCUT2D eigenvalue weighted by atomic mass is 35.5. The summed E-state index contributed by atoms with van der Waals surface area (Å²) in [5.74, 6) is -0.850. The smallest absolute Gasteiger partial charge is 0.384 e. The second-order valence-electron chi connectivity index (χ2n) is 6.61. The van der Waals surface area contributed by atoms with Crippen molar-refractivity contribution in [3.8, 4) is 0 Å². The Kier molecular flexibility index (Phi) is 11.6. The van der Waals surface area contributed by atoms with Crippen LogP contribution in [0.2, 0.25) is 10.0 Å². The van der Waals surface area contributed by atoms with Crippen LogP contribution in [0.4, 0.5) is 0 Å². The lowest BCUT2D eigenvalue weighted by atomic mass is 10.2. The Bertz CT molecular complexity index is 951. The molecule has 0 saturated carbocycles. The van der Waals surface area contributed by atoms with Crippen LogP contribution < -0.4 is 5.32 Å². The second-order valence-corrected chi connectivity index (χ2v) is 11.5. The Morgan fingerprint density at radius 3 is 1.68 bits per heavy atom. The number of hydrogen-bond donors (Lipinski definition) is 3. The van der Waals surface area contributed by atoms with Crippen LogP contribution >= 0.6 is 38.4 Å². The van der Waals surface area contributed by atoms with Crippen LogP contribution in [0.25, 0.3) is 0 Å². The molecule has 0 aromatic heterocycles. The van der Waals surface area contributed by atoms with Crippen LogP contribution in [0, 0.1) is 0 Å². The Hall–Kier alpha value is -1.33. The van der Waals surface area contributed by atoms with Crippen molar-refractivity contribution in [2.75, 3.05) is 13.2 Å². The van der Waals surface area contributed by atoms with Gasteiger partial charge in [-0.3, -0.25) is 19.2 Å². The van der Waals surface area contributed by atoms with E-state index in [0.717, 1.165) is 0 Å². The van der Waals surface area contributed by atoms with Gasteiger partial charge >= 0.3 is 21.2 Å². The van der Waals surface area contributed by atoms with Crippen LogP contribution in [0.1, 0.15) is 18.1 Å². The van der Waals surface area contributed by atoms with Gasteiger partial charge in [-0.25, -0.2) is 9.78 Å². The number of hydrogen-bond acceptors (Lipinski definition) is 9. The first-order chi connectivity index (χ1) is 16.0. The van der Waals surface area contributed by atoms with Crippen molar-refractivity contribution in [2.45, 2.75) is 25.7 Å². The first-order valence-electron chi connectivity index (χ1n) is 9.68. The molecule has 3 N–H and O–H groups in total. The monoisotopic (exact) mass is 557 g/mol. The van der Waals surface area contributed by atoms with Gasteiger partial charge in [0.2, 0.25) is 5.52 Å². The molecule has 2 aromatic carbocycles. The molecule has 0 aliphatic carbocycles. The van der Waals surface area contributed by atoms with E-state index in [0.29, 0.717) is 21.2 Å². The molecule has 188 valence electrons. The van der Waals surface area contributed by atoms with Crippen LogP contribution in [-0.2, 0) is 51.0 Å². The molecule has 0 amide bonds. The van der Waals surface area contributed by atoms with Crippen molar-refractivity contribution in [3.63, 3.8) is 0 Å². The summed E-state index contributed by atoms with van der Waals surface area (Å²) >= 11 is 11.6. The van der Waals surface area contributed by atoms with Gasteiger partial charge in [0.15, 0.2) is 0 Å². The summed E-state index contributed by atoms with van der Waals surface area (Å²) in [6.07, 6.45) is 0. The first kappa shape index (κ1) is 28.9. The zero-order valence-corrected chi connectivity index (χ0v) is 21.1. The number of esters is 1. The van der Waals surface area contributed by atoms with Crippen molar-refractivity contribution >= 4 is 44.4 Å². The summed E-state index contributed by atoms with van der Waals surface area (Å²) in [7, 11) is -10.1. The van der Waals surface area contributed by atoms with E-state index in [-0.39, 0.29) is 19.8 Å². The zero-order chi connectivity index (χ0) is 25.2. The fraction of sp³-hybridized carbons (Fsp3) is 0.316. The quantitative estimate of drug-likeness (QED) is 0.131. The summed E-state index contributed by atoms with van der Waals surface area (Å²) in [6.45, 7) is 0.311. The lowest BCUT2D eigenvalue weighted by molar-refractivity contribution is -0.230. The topological polar surface area (TPSA) is 150 Å². The zero-order valence-electron chi connectivity index (χ0n) is 17.8. The lowest BCUT2D eigenvalue weighted by Crippen LogP contribution is -2.35. The highest BCUT2D eigenvalue weighted by Gasteiger charge is 2.49. The maximum Gasteiger partial charge on any atom is 0.384 e. The third kappa shape index (κ3) is 9.73. The molecule has 15 heteroatoms. The van der Waals surface area contributed by atoms with Crippen LogP contribution in [0.15, 0.2) is 48.5 Å². The number of nitrogens with one attached hydrogen (secondary N) is 1. The molecule has 0 heterocycles. The average molecular weight is 558 g/mol. The Labute approximate surface area is 205 Å². The van der Waals surface area contributed by atoms with E-state index in [1.165, 1.54) is 0 Å². The van der Waals surface area contributed by atoms with Crippen LogP contribution in [-0.4, -0.2) is 34.4 Å². The molecule has 0 radical (unpaired) electrons. The molecule has 0 spiro atoms. The van der Waals surface area contributed by atoms with E-state index in [2.05, 4.69) is 14.7 Å². The lowest BCUT2D eigenvalue weighted by Gasteiger charge is -2.25. The van der Waals surface area contributed by atoms with E-state index in [1.54, 1.807) is 55.5 Å². The number of benzene rings is 2. The van der Waals surface area contributed by atoms with Crippen LogP contribution in [0.3, 0.4) is 0 Å². The molecule has 2 rings (SSSR count). The van der Waals surface area contributed by atoms with Crippen molar-refractivity contribution in [3.05, 3.63) is 69.7 Å². The highest BCUT2D eigenvalue weighted by Crippen LogP contribution is 2.64. The maximum absolute atomic E-state index is 12.7. The number of ether oxygens (including phenoxy) is 1.